The van der Waals surface area contributed by atoms with E-state index >= 15 is 0 Å². The molecule has 5 heteroatoms. The van der Waals surface area contributed by atoms with Crippen LogP contribution in [0.4, 0.5) is 0 Å². The van der Waals surface area contributed by atoms with Crippen LogP contribution in [0.15, 0.2) is 23.6 Å². The first-order valence-corrected chi connectivity index (χ1v) is 7.61. The highest BCUT2D eigenvalue weighted by molar-refractivity contribution is 7.09. The number of aryl methyl sites for hydroxylation is 1. The molecule has 0 fully saturated rings. The highest BCUT2D eigenvalue weighted by Gasteiger charge is 2.21. The Labute approximate surface area is 121 Å². The van der Waals surface area contributed by atoms with E-state index in [4.69, 9.17) is 10.5 Å². The summed E-state index contributed by atoms with van der Waals surface area (Å²) < 4.78 is 5.69. The van der Waals surface area contributed by atoms with E-state index in [-0.39, 0.29) is 5.78 Å². The van der Waals surface area contributed by atoms with E-state index in [0.29, 0.717) is 30.8 Å². The predicted molar refractivity (Wildman–Crippen MR) is 78.6 cm³/mol. The smallest absolute Gasteiger partial charge is 0.215 e. The summed E-state index contributed by atoms with van der Waals surface area (Å²) in [5.41, 5.74) is 7.73. The molecule has 1 aromatic carbocycles. The van der Waals surface area contributed by atoms with Gasteiger partial charge in [0.1, 0.15) is 11.4 Å². The third kappa shape index (κ3) is 2.46. The Morgan fingerprint density at radius 1 is 1.45 bits per heavy atom. The molecule has 104 valence electrons. The van der Waals surface area contributed by atoms with Gasteiger partial charge in [-0.1, -0.05) is 12.1 Å². The Kier molecular flexibility index (Phi) is 3.80. The van der Waals surface area contributed by atoms with Gasteiger partial charge in [-0.05, 0) is 31.0 Å². The van der Waals surface area contributed by atoms with Crippen molar-refractivity contribution >= 4 is 17.1 Å². The minimum Gasteiger partial charge on any atom is -0.493 e. The molecule has 0 aliphatic carbocycles. The van der Waals surface area contributed by atoms with E-state index in [1.54, 1.807) is 5.38 Å². The van der Waals surface area contributed by atoms with Crippen LogP contribution in [0.2, 0.25) is 0 Å². The maximum Gasteiger partial charge on any atom is 0.215 e. The number of rotatable bonds is 4. The molecule has 1 aromatic heterocycles. The zero-order valence-electron chi connectivity index (χ0n) is 11.1. The molecule has 0 saturated heterocycles. The van der Waals surface area contributed by atoms with Crippen LogP contribution >= 0.6 is 11.3 Å². The van der Waals surface area contributed by atoms with Crippen molar-refractivity contribution in [1.29, 1.82) is 0 Å². The molecule has 20 heavy (non-hydrogen) atoms. The summed E-state index contributed by atoms with van der Waals surface area (Å²) >= 11 is 1.48. The van der Waals surface area contributed by atoms with Crippen molar-refractivity contribution in [2.45, 2.75) is 19.3 Å². The molecule has 0 spiro atoms. The number of para-hydroxylation sites is 1. The van der Waals surface area contributed by atoms with Gasteiger partial charge in [0.15, 0.2) is 0 Å². The van der Waals surface area contributed by atoms with Crippen LogP contribution in [0, 0.1) is 0 Å². The zero-order chi connectivity index (χ0) is 13.9. The first-order valence-electron chi connectivity index (χ1n) is 6.73. The zero-order valence-corrected chi connectivity index (χ0v) is 11.9. The second-order valence-electron chi connectivity index (χ2n) is 4.74. The van der Waals surface area contributed by atoms with Crippen molar-refractivity contribution in [1.82, 2.24) is 4.98 Å². The number of fused-ring (bicyclic) bond motifs is 1. The molecule has 4 nitrogen and oxygen atoms in total. The molecule has 0 saturated carbocycles. The second kappa shape index (κ2) is 5.73. The minimum absolute atomic E-state index is 0.0664. The number of carbonyl (C=O) groups excluding carboxylic acids is 1. The number of nitrogens with two attached hydrogens (primary N) is 1. The van der Waals surface area contributed by atoms with Crippen LogP contribution in [-0.4, -0.2) is 23.9 Å². The lowest BCUT2D eigenvalue weighted by molar-refractivity contribution is 0.103. The number of hydrogen-bond donors (Lipinski definition) is 1. The molecule has 1 aliphatic heterocycles. The number of hydrogen-bond acceptors (Lipinski definition) is 5. The Bertz CT molecular complexity index is 637. The lowest BCUT2D eigenvalue weighted by Crippen LogP contribution is -2.13. The van der Waals surface area contributed by atoms with Crippen LogP contribution < -0.4 is 10.5 Å². The molecule has 2 aromatic rings. The largest absolute Gasteiger partial charge is 0.493 e. The lowest BCUT2D eigenvalue weighted by Gasteiger charge is -2.19. The van der Waals surface area contributed by atoms with E-state index in [1.165, 1.54) is 11.3 Å². The van der Waals surface area contributed by atoms with Crippen LogP contribution in [0.1, 0.15) is 33.0 Å². The molecular formula is C15H16N2O2S. The molecule has 2 heterocycles. The fraction of sp³-hybridized carbons (Fsp3) is 0.333. The normalized spacial score (nSPS) is 13.7. The number of ketones is 1. The van der Waals surface area contributed by atoms with Crippen molar-refractivity contribution in [3.8, 4) is 5.75 Å². The van der Waals surface area contributed by atoms with Gasteiger partial charge in [0, 0.05) is 11.8 Å². The van der Waals surface area contributed by atoms with E-state index in [9.17, 15) is 4.79 Å². The molecule has 0 unspecified atom stereocenters. The first kappa shape index (κ1) is 13.3. The van der Waals surface area contributed by atoms with Gasteiger partial charge in [0.25, 0.3) is 0 Å². The van der Waals surface area contributed by atoms with Crippen LogP contribution in [-0.2, 0) is 12.8 Å². The third-order valence-electron chi connectivity index (χ3n) is 3.32. The number of nitrogens with zero attached hydrogens (tertiary/aromatic N) is 1. The van der Waals surface area contributed by atoms with Crippen molar-refractivity contribution in [2.24, 2.45) is 5.73 Å². The molecule has 0 amide bonds. The summed E-state index contributed by atoms with van der Waals surface area (Å²) in [4.78, 5) is 16.9. The highest BCUT2D eigenvalue weighted by Crippen LogP contribution is 2.30. The summed E-state index contributed by atoms with van der Waals surface area (Å²) in [7, 11) is 0. The van der Waals surface area contributed by atoms with E-state index in [1.807, 2.05) is 18.2 Å². The quantitative estimate of drug-likeness (QED) is 0.876. The number of ether oxygens (including phenoxy) is 1. The fourth-order valence-electron chi connectivity index (χ4n) is 2.36. The van der Waals surface area contributed by atoms with Gasteiger partial charge >= 0.3 is 0 Å². The summed E-state index contributed by atoms with van der Waals surface area (Å²) in [6.07, 6.45) is 2.68. The standard InChI is InChI=1S/C15H16N2O2S/c16-7-6-13-17-12(9-20-13)14(18)11-5-1-3-10-4-2-8-19-15(10)11/h1,3,5,9H,2,4,6-8,16H2. The van der Waals surface area contributed by atoms with Crippen molar-refractivity contribution < 1.29 is 9.53 Å². The van der Waals surface area contributed by atoms with Crippen LogP contribution in [0.3, 0.4) is 0 Å². The molecule has 0 atom stereocenters. The van der Waals surface area contributed by atoms with Crippen LogP contribution in [0.5, 0.6) is 5.75 Å². The number of benzene rings is 1. The monoisotopic (exact) mass is 288 g/mol. The average molecular weight is 288 g/mol. The fourth-order valence-corrected chi connectivity index (χ4v) is 3.15. The average Bonchev–Trinajstić information content (AvgIpc) is 2.95. The summed E-state index contributed by atoms with van der Waals surface area (Å²) in [6, 6.07) is 5.74. The molecule has 0 bridgehead atoms. The summed E-state index contributed by atoms with van der Waals surface area (Å²) in [5, 5.41) is 2.71. The minimum atomic E-state index is -0.0664. The lowest BCUT2D eigenvalue weighted by atomic mass is 9.99. The van der Waals surface area contributed by atoms with Gasteiger partial charge in [-0.25, -0.2) is 4.98 Å². The topological polar surface area (TPSA) is 65.2 Å². The van der Waals surface area contributed by atoms with Gasteiger partial charge in [0.05, 0.1) is 17.2 Å². The first-order chi connectivity index (χ1) is 9.79. The van der Waals surface area contributed by atoms with Gasteiger partial charge in [-0.15, -0.1) is 11.3 Å². The molecule has 1 aliphatic rings. The Morgan fingerprint density at radius 2 is 2.35 bits per heavy atom. The Balaban J connectivity index is 1.93. The summed E-state index contributed by atoms with van der Waals surface area (Å²) in [5.74, 6) is 0.667. The molecular weight excluding hydrogens is 272 g/mol. The number of aromatic nitrogens is 1. The SMILES string of the molecule is NCCc1nc(C(=O)c2cccc3c2OCCC3)cs1. The third-order valence-corrected chi connectivity index (χ3v) is 4.23. The Morgan fingerprint density at radius 3 is 3.20 bits per heavy atom. The summed E-state index contributed by atoms with van der Waals surface area (Å²) in [6.45, 7) is 1.22. The predicted octanol–water partition coefficient (Wildman–Crippen LogP) is 2.20. The van der Waals surface area contributed by atoms with Crippen molar-refractivity contribution in [3.63, 3.8) is 0 Å². The van der Waals surface area contributed by atoms with Crippen molar-refractivity contribution in [3.05, 3.63) is 45.4 Å². The number of carbonyl (C=O) groups is 1. The maximum atomic E-state index is 12.6. The highest BCUT2D eigenvalue weighted by atomic mass is 32.1. The van der Waals surface area contributed by atoms with Gasteiger partial charge in [-0.2, -0.15) is 0 Å². The van der Waals surface area contributed by atoms with Crippen molar-refractivity contribution in [2.75, 3.05) is 13.2 Å². The molecule has 2 N–H and O–H groups in total. The molecule has 3 rings (SSSR count). The maximum absolute atomic E-state index is 12.6. The van der Waals surface area contributed by atoms with E-state index < -0.39 is 0 Å². The second-order valence-corrected chi connectivity index (χ2v) is 5.68. The van der Waals surface area contributed by atoms with Crippen LogP contribution in [0.25, 0.3) is 0 Å². The molecule has 0 radical (unpaired) electrons. The van der Waals surface area contributed by atoms with Gasteiger partial charge in [-0.3, -0.25) is 4.79 Å². The van der Waals surface area contributed by atoms with Gasteiger partial charge < -0.3 is 10.5 Å². The van der Waals surface area contributed by atoms with Gasteiger partial charge in [0.2, 0.25) is 5.78 Å². The Hall–Kier alpha value is -1.72. The van der Waals surface area contributed by atoms with E-state index in [0.717, 1.165) is 29.2 Å². The number of thiazole rings is 1. The van der Waals surface area contributed by atoms with E-state index in [2.05, 4.69) is 4.98 Å².